The van der Waals surface area contributed by atoms with Crippen LogP contribution in [0.3, 0.4) is 0 Å². The zero-order valence-corrected chi connectivity index (χ0v) is 11.9. The molecule has 1 aromatic rings. The number of halogens is 1. The number of benzene rings is 1. The molecule has 0 atom stereocenters. The van der Waals surface area contributed by atoms with Gasteiger partial charge in [-0.3, -0.25) is 0 Å². The summed E-state index contributed by atoms with van der Waals surface area (Å²) in [6.07, 6.45) is 0. The number of rotatable bonds is 8. The van der Waals surface area contributed by atoms with E-state index in [1.54, 1.807) is 20.3 Å². The zero-order chi connectivity index (χ0) is 13.4. The summed E-state index contributed by atoms with van der Waals surface area (Å²) < 4.78 is 10.6. The van der Waals surface area contributed by atoms with Gasteiger partial charge in [0.2, 0.25) is 0 Å². The third kappa shape index (κ3) is 4.66. The van der Waals surface area contributed by atoms with Crippen LogP contribution in [-0.2, 0) is 0 Å². The van der Waals surface area contributed by atoms with Crippen LogP contribution in [0.2, 0.25) is 0 Å². The van der Waals surface area contributed by atoms with E-state index in [4.69, 9.17) is 19.7 Å². The fraction of sp³-hybridized carbons (Fsp3) is 0.500. The third-order valence-electron chi connectivity index (χ3n) is 2.38. The first-order valence-electron chi connectivity index (χ1n) is 5.72. The maximum Gasteiger partial charge on any atom is 0.168 e. The Morgan fingerprint density at radius 3 is 2.16 bits per heavy atom. The van der Waals surface area contributed by atoms with Crippen molar-refractivity contribution in [1.29, 1.82) is 0 Å². The first-order chi connectivity index (χ1) is 8.78. The van der Waals surface area contributed by atoms with Gasteiger partial charge in [-0.15, -0.1) is 12.4 Å². The van der Waals surface area contributed by atoms with Crippen molar-refractivity contribution in [3.63, 3.8) is 0 Å². The van der Waals surface area contributed by atoms with E-state index in [1.807, 2.05) is 6.07 Å². The van der Waals surface area contributed by atoms with Crippen LogP contribution in [0.15, 0.2) is 12.1 Å². The Labute approximate surface area is 119 Å². The summed E-state index contributed by atoms with van der Waals surface area (Å²) in [5, 5.41) is 23.8. The second-order valence-electron chi connectivity index (χ2n) is 3.52. The average molecular weight is 293 g/mol. The molecule has 1 aromatic carbocycles. The van der Waals surface area contributed by atoms with Gasteiger partial charge in [-0.2, -0.15) is 0 Å². The lowest BCUT2D eigenvalue weighted by Crippen LogP contribution is -2.11. The predicted octanol–water partition coefficient (Wildman–Crippen LogP) is 0.934. The van der Waals surface area contributed by atoms with Crippen molar-refractivity contribution in [2.75, 3.05) is 51.2 Å². The van der Waals surface area contributed by atoms with Crippen molar-refractivity contribution in [3.05, 3.63) is 12.1 Å². The Morgan fingerprint density at radius 2 is 1.63 bits per heavy atom. The fourth-order valence-corrected chi connectivity index (χ4v) is 1.62. The molecular formula is C12H21ClN2O4. The zero-order valence-electron chi connectivity index (χ0n) is 11.1. The maximum absolute atomic E-state index is 8.87. The summed E-state index contributed by atoms with van der Waals surface area (Å²) in [7, 11) is 3.13. The standard InChI is InChI=1S/C12H20N2O4.ClH/c1-17-10-4-3-9(13-5-7-15)12(18-2)11(10)14-6-8-16;/h3-4,13-16H,5-8H2,1-2H3;1H. The van der Waals surface area contributed by atoms with Gasteiger partial charge >= 0.3 is 0 Å². The van der Waals surface area contributed by atoms with Crippen LogP contribution in [-0.4, -0.2) is 50.7 Å². The number of nitrogens with one attached hydrogen (secondary N) is 2. The molecule has 0 spiro atoms. The summed E-state index contributed by atoms with van der Waals surface area (Å²) in [4.78, 5) is 0. The predicted molar refractivity (Wildman–Crippen MR) is 77.9 cm³/mol. The van der Waals surface area contributed by atoms with Crippen LogP contribution >= 0.6 is 12.4 Å². The van der Waals surface area contributed by atoms with E-state index >= 15 is 0 Å². The lowest BCUT2D eigenvalue weighted by atomic mass is 10.2. The van der Waals surface area contributed by atoms with Crippen LogP contribution in [0.4, 0.5) is 11.4 Å². The third-order valence-corrected chi connectivity index (χ3v) is 2.38. The summed E-state index contributed by atoms with van der Waals surface area (Å²) >= 11 is 0. The Bertz CT molecular complexity index is 377. The number of ether oxygens (including phenoxy) is 2. The molecule has 0 aliphatic heterocycles. The first kappa shape index (κ1) is 17.6. The van der Waals surface area contributed by atoms with Crippen molar-refractivity contribution in [2.45, 2.75) is 0 Å². The van der Waals surface area contributed by atoms with Gasteiger partial charge in [-0.05, 0) is 12.1 Å². The van der Waals surface area contributed by atoms with Crippen molar-refractivity contribution < 1.29 is 19.7 Å². The summed E-state index contributed by atoms with van der Waals surface area (Å²) in [5.74, 6) is 1.23. The molecule has 0 radical (unpaired) electrons. The van der Waals surface area contributed by atoms with Crippen molar-refractivity contribution in [2.24, 2.45) is 0 Å². The van der Waals surface area contributed by atoms with Crippen LogP contribution < -0.4 is 20.1 Å². The van der Waals surface area contributed by atoms with E-state index in [0.29, 0.717) is 30.3 Å². The highest BCUT2D eigenvalue weighted by Gasteiger charge is 2.14. The van der Waals surface area contributed by atoms with Gasteiger partial charge < -0.3 is 30.3 Å². The second kappa shape index (κ2) is 9.55. The van der Waals surface area contributed by atoms with Crippen LogP contribution in [0.5, 0.6) is 11.5 Å². The minimum atomic E-state index is 0. The van der Waals surface area contributed by atoms with E-state index in [-0.39, 0.29) is 25.6 Å². The van der Waals surface area contributed by atoms with Crippen LogP contribution in [0.25, 0.3) is 0 Å². The monoisotopic (exact) mass is 292 g/mol. The number of hydrogen-bond donors (Lipinski definition) is 4. The smallest absolute Gasteiger partial charge is 0.168 e. The molecule has 0 unspecified atom stereocenters. The fourth-order valence-electron chi connectivity index (χ4n) is 1.62. The molecule has 0 aromatic heterocycles. The molecule has 0 aliphatic rings. The Kier molecular flexibility index (Phi) is 8.86. The Morgan fingerprint density at radius 1 is 1.00 bits per heavy atom. The van der Waals surface area contributed by atoms with Crippen molar-refractivity contribution in [3.8, 4) is 11.5 Å². The Balaban J connectivity index is 0.00000324. The molecule has 0 heterocycles. The minimum Gasteiger partial charge on any atom is -0.494 e. The summed E-state index contributed by atoms with van der Waals surface area (Å²) in [6, 6.07) is 3.61. The van der Waals surface area contributed by atoms with E-state index < -0.39 is 0 Å². The molecule has 110 valence electrons. The van der Waals surface area contributed by atoms with E-state index in [9.17, 15) is 0 Å². The lowest BCUT2D eigenvalue weighted by Gasteiger charge is -2.18. The highest BCUT2D eigenvalue weighted by atomic mass is 35.5. The molecule has 4 N–H and O–H groups in total. The molecule has 0 aliphatic carbocycles. The first-order valence-corrected chi connectivity index (χ1v) is 5.72. The Hall–Kier alpha value is -1.37. The number of aliphatic hydroxyl groups excluding tert-OH is 2. The molecule has 0 saturated carbocycles. The van der Waals surface area contributed by atoms with Gasteiger partial charge in [-0.25, -0.2) is 0 Å². The SMILES string of the molecule is COc1ccc(NCCO)c(OC)c1NCCO.Cl. The summed E-state index contributed by atoms with van der Waals surface area (Å²) in [5.41, 5.74) is 1.43. The molecule has 19 heavy (non-hydrogen) atoms. The van der Waals surface area contributed by atoms with Crippen LogP contribution in [0.1, 0.15) is 0 Å². The topological polar surface area (TPSA) is 83.0 Å². The molecular weight excluding hydrogens is 272 g/mol. The molecule has 0 fully saturated rings. The van der Waals surface area contributed by atoms with Gasteiger partial charge in [0.05, 0.1) is 33.1 Å². The van der Waals surface area contributed by atoms with Gasteiger partial charge in [0.1, 0.15) is 11.4 Å². The van der Waals surface area contributed by atoms with E-state index in [1.165, 1.54) is 0 Å². The molecule has 0 amide bonds. The highest BCUT2D eigenvalue weighted by Crippen LogP contribution is 2.40. The average Bonchev–Trinajstić information content (AvgIpc) is 2.42. The van der Waals surface area contributed by atoms with Crippen molar-refractivity contribution in [1.82, 2.24) is 0 Å². The normalized spacial score (nSPS) is 9.47. The highest BCUT2D eigenvalue weighted by molar-refractivity contribution is 5.85. The van der Waals surface area contributed by atoms with E-state index in [0.717, 1.165) is 5.69 Å². The van der Waals surface area contributed by atoms with Gasteiger partial charge in [0.15, 0.2) is 5.75 Å². The second-order valence-corrected chi connectivity index (χ2v) is 3.52. The minimum absolute atomic E-state index is 0. The lowest BCUT2D eigenvalue weighted by molar-refractivity contribution is 0.310. The number of anilines is 2. The summed E-state index contributed by atoms with van der Waals surface area (Å²) in [6.45, 7) is 0.882. The maximum atomic E-state index is 8.87. The van der Waals surface area contributed by atoms with Crippen LogP contribution in [0, 0.1) is 0 Å². The number of methoxy groups -OCH3 is 2. The molecule has 7 heteroatoms. The molecule has 6 nitrogen and oxygen atoms in total. The molecule has 1 rings (SSSR count). The number of aliphatic hydroxyl groups is 2. The van der Waals surface area contributed by atoms with Crippen molar-refractivity contribution >= 4 is 23.8 Å². The van der Waals surface area contributed by atoms with Gasteiger partial charge in [-0.1, -0.05) is 0 Å². The van der Waals surface area contributed by atoms with Gasteiger partial charge in [0.25, 0.3) is 0 Å². The number of hydrogen-bond acceptors (Lipinski definition) is 6. The molecule has 0 bridgehead atoms. The van der Waals surface area contributed by atoms with E-state index in [2.05, 4.69) is 10.6 Å². The largest absolute Gasteiger partial charge is 0.494 e. The van der Waals surface area contributed by atoms with Gasteiger partial charge in [0, 0.05) is 13.1 Å². The quantitative estimate of drug-likeness (QED) is 0.571. The molecule has 0 saturated heterocycles.